The van der Waals surface area contributed by atoms with Gasteiger partial charge in [0, 0.05) is 11.1 Å². The maximum absolute atomic E-state index is 12.9. The molecule has 0 amide bonds. The van der Waals surface area contributed by atoms with Gasteiger partial charge in [0.25, 0.3) is 0 Å². The highest BCUT2D eigenvalue weighted by molar-refractivity contribution is 6.35. The number of ketones is 1. The lowest BCUT2D eigenvalue weighted by Crippen LogP contribution is -2.03. The summed E-state index contributed by atoms with van der Waals surface area (Å²) >= 11 is 5.89. The SMILES string of the molecule is CCc1cccc(C(=O)c2ccc(F)cc2Cl)c1. The summed E-state index contributed by atoms with van der Waals surface area (Å²) < 4.78 is 12.9. The van der Waals surface area contributed by atoms with Gasteiger partial charge in [0.1, 0.15) is 5.82 Å². The van der Waals surface area contributed by atoms with Crippen LogP contribution in [0.15, 0.2) is 42.5 Å². The van der Waals surface area contributed by atoms with E-state index >= 15 is 0 Å². The third kappa shape index (κ3) is 2.59. The van der Waals surface area contributed by atoms with E-state index in [0.717, 1.165) is 18.1 Å². The number of hydrogen-bond donors (Lipinski definition) is 0. The Balaban J connectivity index is 2.41. The van der Waals surface area contributed by atoms with Crippen molar-refractivity contribution in [2.24, 2.45) is 0 Å². The first-order valence-corrected chi connectivity index (χ1v) is 6.08. The number of aryl methyl sites for hydroxylation is 1. The number of hydrogen-bond acceptors (Lipinski definition) is 1. The molecule has 0 aliphatic heterocycles. The van der Waals surface area contributed by atoms with Crippen molar-refractivity contribution >= 4 is 17.4 Å². The number of rotatable bonds is 3. The van der Waals surface area contributed by atoms with Gasteiger partial charge < -0.3 is 0 Å². The second-order valence-electron chi connectivity index (χ2n) is 4.01. The molecule has 2 rings (SSSR count). The monoisotopic (exact) mass is 262 g/mol. The molecular weight excluding hydrogens is 251 g/mol. The third-order valence-corrected chi connectivity index (χ3v) is 3.09. The van der Waals surface area contributed by atoms with Crippen molar-refractivity contribution in [3.05, 3.63) is 70.0 Å². The van der Waals surface area contributed by atoms with E-state index in [-0.39, 0.29) is 10.8 Å². The molecule has 3 heteroatoms. The van der Waals surface area contributed by atoms with Crippen LogP contribution in [0.25, 0.3) is 0 Å². The fraction of sp³-hybridized carbons (Fsp3) is 0.133. The van der Waals surface area contributed by atoms with E-state index < -0.39 is 5.82 Å². The van der Waals surface area contributed by atoms with Gasteiger partial charge in [0.05, 0.1) is 5.02 Å². The minimum absolute atomic E-state index is 0.141. The first-order chi connectivity index (χ1) is 8.61. The van der Waals surface area contributed by atoms with E-state index in [1.807, 2.05) is 25.1 Å². The molecule has 0 fully saturated rings. The number of carbonyl (C=O) groups excluding carboxylic acids is 1. The number of halogens is 2. The molecule has 0 atom stereocenters. The Morgan fingerprint density at radius 3 is 2.67 bits per heavy atom. The first-order valence-electron chi connectivity index (χ1n) is 5.70. The summed E-state index contributed by atoms with van der Waals surface area (Å²) in [5.41, 5.74) is 1.98. The van der Waals surface area contributed by atoms with Crippen LogP contribution in [0.4, 0.5) is 4.39 Å². The fourth-order valence-corrected chi connectivity index (χ4v) is 2.01. The van der Waals surface area contributed by atoms with Crippen LogP contribution >= 0.6 is 11.6 Å². The average Bonchev–Trinajstić information content (AvgIpc) is 2.38. The molecule has 0 spiro atoms. The second-order valence-corrected chi connectivity index (χ2v) is 4.41. The molecule has 92 valence electrons. The molecule has 0 saturated carbocycles. The normalized spacial score (nSPS) is 10.4. The maximum Gasteiger partial charge on any atom is 0.194 e. The van der Waals surface area contributed by atoms with E-state index in [2.05, 4.69) is 0 Å². The number of carbonyl (C=O) groups is 1. The second kappa shape index (κ2) is 5.32. The van der Waals surface area contributed by atoms with Gasteiger partial charge in [-0.3, -0.25) is 4.79 Å². The highest BCUT2D eigenvalue weighted by Gasteiger charge is 2.13. The zero-order valence-electron chi connectivity index (χ0n) is 9.91. The van der Waals surface area contributed by atoms with Crippen LogP contribution in [-0.2, 0) is 6.42 Å². The third-order valence-electron chi connectivity index (χ3n) is 2.77. The Labute approximate surface area is 110 Å². The zero-order chi connectivity index (χ0) is 13.1. The predicted molar refractivity (Wildman–Crippen MR) is 70.7 cm³/mol. The van der Waals surface area contributed by atoms with Crippen LogP contribution in [0.3, 0.4) is 0 Å². The van der Waals surface area contributed by atoms with Gasteiger partial charge in [0.15, 0.2) is 5.78 Å². The van der Waals surface area contributed by atoms with Crippen LogP contribution in [0.2, 0.25) is 5.02 Å². The van der Waals surface area contributed by atoms with Crippen molar-refractivity contribution in [3.63, 3.8) is 0 Å². The smallest absolute Gasteiger partial charge is 0.194 e. The molecule has 0 aliphatic carbocycles. The van der Waals surface area contributed by atoms with Crippen LogP contribution in [0.1, 0.15) is 28.4 Å². The summed E-state index contributed by atoms with van der Waals surface area (Å²) in [7, 11) is 0. The molecule has 0 N–H and O–H groups in total. The molecule has 2 aromatic carbocycles. The molecular formula is C15H12ClFO. The quantitative estimate of drug-likeness (QED) is 0.755. The van der Waals surface area contributed by atoms with E-state index in [9.17, 15) is 9.18 Å². The Kier molecular flexibility index (Phi) is 3.78. The zero-order valence-corrected chi connectivity index (χ0v) is 10.7. The largest absolute Gasteiger partial charge is 0.289 e. The van der Waals surface area contributed by atoms with Crippen LogP contribution in [-0.4, -0.2) is 5.78 Å². The predicted octanol–water partition coefficient (Wildman–Crippen LogP) is 4.27. The van der Waals surface area contributed by atoms with Gasteiger partial charge in [-0.15, -0.1) is 0 Å². The van der Waals surface area contributed by atoms with Gasteiger partial charge in [-0.25, -0.2) is 4.39 Å². The molecule has 0 heterocycles. The van der Waals surface area contributed by atoms with Gasteiger partial charge in [0.2, 0.25) is 0 Å². The Morgan fingerprint density at radius 1 is 1.22 bits per heavy atom. The first kappa shape index (κ1) is 12.8. The highest BCUT2D eigenvalue weighted by Crippen LogP contribution is 2.21. The van der Waals surface area contributed by atoms with Gasteiger partial charge in [-0.05, 0) is 36.2 Å². The van der Waals surface area contributed by atoms with Crippen LogP contribution in [0, 0.1) is 5.82 Å². The molecule has 0 aromatic heterocycles. The van der Waals surface area contributed by atoms with E-state index in [1.54, 1.807) is 6.07 Å². The molecule has 0 bridgehead atoms. The number of benzene rings is 2. The lowest BCUT2D eigenvalue weighted by molar-refractivity contribution is 0.103. The lowest BCUT2D eigenvalue weighted by Gasteiger charge is -2.05. The molecule has 0 saturated heterocycles. The Hall–Kier alpha value is -1.67. The topological polar surface area (TPSA) is 17.1 Å². The van der Waals surface area contributed by atoms with E-state index in [1.165, 1.54) is 12.1 Å². The summed E-state index contributed by atoms with van der Waals surface area (Å²) in [5, 5.41) is 0.141. The van der Waals surface area contributed by atoms with Crippen molar-refractivity contribution < 1.29 is 9.18 Å². The van der Waals surface area contributed by atoms with Crippen LogP contribution < -0.4 is 0 Å². The van der Waals surface area contributed by atoms with Crippen LogP contribution in [0.5, 0.6) is 0 Å². The van der Waals surface area contributed by atoms with E-state index in [4.69, 9.17) is 11.6 Å². The Bertz CT molecular complexity index is 593. The van der Waals surface area contributed by atoms with Crippen molar-refractivity contribution in [1.82, 2.24) is 0 Å². The van der Waals surface area contributed by atoms with Crippen molar-refractivity contribution in [2.75, 3.05) is 0 Å². The average molecular weight is 263 g/mol. The minimum atomic E-state index is -0.446. The summed E-state index contributed by atoms with van der Waals surface area (Å²) in [6, 6.07) is 11.2. The summed E-state index contributed by atoms with van der Waals surface area (Å²) in [6.45, 7) is 2.02. The highest BCUT2D eigenvalue weighted by atomic mass is 35.5. The van der Waals surface area contributed by atoms with Crippen molar-refractivity contribution in [3.8, 4) is 0 Å². The molecule has 0 unspecified atom stereocenters. The summed E-state index contributed by atoms with van der Waals surface area (Å²) in [6.07, 6.45) is 0.859. The molecule has 1 nitrogen and oxygen atoms in total. The lowest BCUT2D eigenvalue weighted by atomic mass is 10.0. The van der Waals surface area contributed by atoms with Gasteiger partial charge in [-0.2, -0.15) is 0 Å². The van der Waals surface area contributed by atoms with E-state index in [0.29, 0.717) is 11.1 Å². The van der Waals surface area contributed by atoms with Crippen molar-refractivity contribution in [2.45, 2.75) is 13.3 Å². The Morgan fingerprint density at radius 2 is 2.00 bits per heavy atom. The van der Waals surface area contributed by atoms with Gasteiger partial charge >= 0.3 is 0 Å². The molecule has 2 aromatic rings. The van der Waals surface area contributed by atoms with Gasteiger partial charge in [-0.1, -0.05) is 36.7 Å². The molecule has 0 radical (unpaired) electrons. The molecule has 0 aliphatic rings. The fourth-order valence-electron chi connectivity index (χ4n) is 1.76. The standard InChI is InChI=1S/C15H12ClFO/c1-2-10-4-3-5-11(8-10)15(18)13-7-6-12(17)9-14(13)16/h3-9H,2H2,1H3. The maximum atomic E-state index is 12.9. The van der Waals surface area contributed by atoms with Crippen molar-refractivity contribution in [1.29, 1.82) is 0 Å². The summed E-state index contributed by atoms with van der Waals surface area (Å²) in [5.74, 6) is -0.630. The molecule has 18 heavy (non-hydrogen) atoms. The summed E-state index contributed by atoms with van der Waals surface area (Å²) in [4.78, 5) is 12.2. The minimum Gasteiger partial charge on any atom is -0.289 e.